The summed E-state index contributed by atoms with van der Waals surface area (Å²) >= 11 is 0. The molecule has 9 nitrogen and oxygen atoms in total. The maximum absolute atomic E-state index is 13.9. The molecule has 0 aliphatic carbocycles. The Hall–Kier alpha value is -3.52. The number of fused-ring (bicyclic) bond motifs is 1. The van der Waals surface area contributed by atoms with Crippen LogP contribution in [-0.2, 0) is 14.5 Å². The predicted molar refractivity (Wildman–Crippen MR) is 129 cm³/mol. The summed E-state index contributed by atoms with van der Waals surface area (Å²) in [6.45, 7) is -0.505. The van der Waals surface area contributed by atoms with Crippen molar-refractivity contribution < 1.29 is 36.4 Å². The number of aliphatic hydroxyl groups excluding tert-OH is 1. The van der Waals surface area contributed by atoms with Gasteiger partial charge in [0.15, 0.2) is 6.61 Å². The summed E-state index contributed by atoms with van der Waals surface area (Å²) in [5.74, 6) is -1.09. The molecular formula is C23H23F4N5O4S. The van der Waals surface area contributed by atoms with E-state index < -0.39 is 46.9 Å². The molecule has 1 saturated heterocycles. The number of aryl methyl sites for hydroxylation is 1. The number of carbonyl (C=O) groups is 1. The molecule has 3 aromatic rings. The topological polar surface area (TPSA) is 126 Å². The van der Waals surface area contributed by atoms with Crippen LogP contribution in [0.2, 0.25) is 0 Å². The molecule has 2 heterocycles. The summed E-state index contributed by atoms with van der Waals surface area (Å²) < 4.78 is 73.3. The maximum Gasteiger partial charge on any atom is 0.405 e. The van der Waals surface area contributed by atoms with Crippen molar-refractivity contribution in [2.45, 2.75) is 25.6 Å². The lowest BCUT2D eigenvalue weighted by molar-refractivity contribution is -0.139. The van der Waals surface area contributed by atoms with E-state index >= 15 is 0 Å². The number of benzene rings is 2. The first-order valence-electron chi connectivity index (χ1n) is 11.1. The van der Waals surface area contributed by atoms with Gasteiger partial charge in [0.1, 0.15) is 30.3 Å². The van der Waals surface area contributed by atoms with Crippen molar-refractivity contribution in [3.63, 3.8) is 0 Å². The van der Waals surface area contributed by atoms with Gasteiger partial charge in [0, 0.05) is 17.2 Å². The van der Waals surface area contributed by atoms with Crippen LogP contribution in [0.1, 0.15) is 12.0 Å². The van der Waals surface area contributed by atoms with Gasteiger partial charge in [0.2, 0.25) is 0 Å². The lowest BCUT2D eigenvalue weighted by Gasteiger charge is -2.15. The highest BCUT2D eigenvalue weighted by Crippen LogP contribution is 2.34. The molecule has 2 atom stereocenters. The van der Waals surface area contributed by atoms with Gasteiger partial charge >= 0.3 is 6.18 Å². The molecule has 2 unspecified atom stereocenters. The summed E-state index contributed by atoms with van der Waals surface area (Å²) in [6, 6.07) is 6.81. The highest BCUT2D eigenvalue weighted by Gasteiger charge is 2.28. The summed E-state index contributed by atoms with van der Waals surface area (Å²) in [5, 5.41) is 15.0. The third kappa shape index (κ3) is 6.83. The molecule has 0 spiro atoms. The van der Waals surface area contributed by atoms with Gasteiger partial charge in [-0.2, -0.15) is 17.5 Å². The number of hydrogen-bond donors (Lipinski definition) is 3. The molecule has 3 N–H and O–H groups in total. The fourth-order valence-corrected chi connectivity index (χ4v) is 6.05. The average Bonchev–Trinajstić information content (AvgIpc) is 3.15. The van der Waals surface area contributed by atoms with E-state index in [2.05, 4.69) is 19.6 Å². The maximum atomic E-state index is 13.9. The second-order valence-electron chi connectivity index (χ2n) is 8.50. The van der Waals surface area contributed by atoms with Crippen LogP contribution in [0.5, 0.6) is 5.75 Å². The molecule has 4 rings (SSSR count). The minimum absolute atomic E-state index is 0.113. The minimum atomic E-state index is -4.58. The highest BCUT2D eigenvalue weighted by atomic mass is 32.2. The van der Waals surface area contributed by atoms with Crippen LogP contribution in [0.25, 0.3) is 10.9 Å². The Morgan fingerprint density at radius 1 is 1.27 bits per heavy atom. The number of aliphatic hydroxyl groups is 1. The second-order valence-corrected chi connectivity index (χ2v) is 11.0. The van der Waals surface area contributed by atoms with Crippen molar-refractivity contribution in [1.29, 1.82) is 0 Å². The van der Waals surface area contributed by atoms with Gasteiger partial charge < -0.3 is 20.5 Å². The van der Waals surface area contributed by atoms with Crippen molar-refractivity contribution >= 4 is 43.7 Å². The number of halogens is 4. The Labute approximate surface area is 209 Å². The van der Waals surface area contributed by atoms with Gasteiger partial charge in [-0.3, -0.25) is 4.79 Å². The van der Waals surface area contributed by atoms with E-state index in [4.69, 9.17) is 4.74 Å². The molecule has 0 radical (unpaired) electrons. The Morgan fingerprint density at radius 3 is 2.76 bits per heavy atom. The van der Waals surface area contributed by atoms with E-state index in [0.717, 1.165) is 12.1 Å². The van der Waals surface area contributed by atoms with Crippen LogP contribution in [-0.4, -0.2) is 62.1 Å². The zero-order valence-corrected chi connectivity index (χ0v) is 20.3. The van der Waals surface area contributed by atoms with Crippen molar-refractivity contribution in [2.75, 3.05) is 30.0 Å². The van der Waals surface area contributed by atoms with Gasteiger partial charge in [0.25, 0.3) is 5.91 Å². The van der Waals surface area contributed by atoms with E-state index in [-0.39, 0.29) is 17.2 Å². The van der Waals surface area contributed by atoms with Gasteiger partial charge in [-0.25, -0.2) is 18.6 Å². The number of carbonyl (C=O) groups excluding carboxylic acids is 1. The minimum Gasteiger partial charge on any atom is -0.481 e. The number of rotatable bonds is 7. The molecule has 0 saturated carbocycles. The van der Waals surface area contributed by atoms with Crippen molar-refractivity contribution in [2.24, 2.45) is 4.36 Å². The van der Waals surface area contributed by atoms with E-state index in [1.165, 1.54) is 12.4 Å². The summed E-state index contributed by atoms with van der Waals surface area (Å²) in [5.41, 5.74) is 1.83. The van der Waals surface area contributed by atoms with Crippen LogP contribution in [0.15, 0.2) is 41.0 Å². The predicted octanol–water partition coefficient (Wildman–Crippen LogP) is 3.74. The smallest absolute Gasteiger partial charge is 0.405 e. The molecule has 1 amide bonds. The van der Waals surface area contributed by atoms with Crippen molar-refractivity contribution in [1.82, 2.24) is 15.3 Å². The number of amides is 1. The van der Waals surface area contributed by atoms with Gasteiger partial charge in [-0.15, -0.1) is 0 Å². The Morgan fingerprint density at radius 2 is 2.05 bits per heavy atom. The molecule has 1 aromatic heterocycles. The number of nitrogens with one attached hydrogen (secondary N) is 2. The standard InChI is InChI=1S/C23H23F4N5O4S/c1-13-6-15(32-37(35)5-4-16(33)10-37)8-18-21(13)22(30-12-29-18)31-17-3-2-14(24)7-19(17)36-9-20(34)28-11-23(25,26)27/h2-3,6-8,12,16,33H,4-5,9-11H2,1H3,(H,28,34)(H,29,30,31). The molecule has 198 valence electrons. The molecule has 1 aliphatic heterocycles. The molecule has 2 aromatic carbocycles. The second kappa shape index (κ2) is 10.5. The van der Waals surface area contributed by atoms with Crippen molar-refractivity contribution in [3.05, 3.63) is 48.0 Å². The van der Waals surface area contributed by atoms with Crippen LogP contribution >= 0.6 is 0 Å². The van der Waals surface area contributed by atoms with Crippen LogP contribution < -0.4 is 15.4 Å². The van der Waals surface area contributed by atoms with Crippen LogP contribution in [0, 0.1) is 12.7 Å². The molecule has 0 bridgehead atoms. The fraction of sp³-hybridized carbons (Fsp3) is 0.348. The molecule has 1 aliphatic rings. The number of ether oxygens (including phenoxy) is 1. The Bertz CT molecular complexity index is 1460. The molecule has 37 heavy (non-hydrogen) atoms. The SMILES string of the molecule is Cc1cc(N=S2(=O)CCC(O)C2)cc2ncnc(Nc3ccc(F)cc3OCC(=O)NCC(F)(F)F)c12. The lowest BCUT2D eigenvalue weighted by Crippen LogP contribution is -2.36. The molecule has 1 fully saturated rings. The van der Waals surface area contributed by atoms with E-state index in [1.807, 2.05) is 0 Å². The largest absolute Gasteiger partial charge is 0.481 e. The normalized spacial score (nSPS) is 19.6. The zero-order chi connectivity index (χ0) is 26.8. The average molecular weight is 542 g/mol. The summed E-state index contributed by atoms with van der Waals surface area (Å²) in [7, 11) is -2.57. The zero-order valence-electron chi connectivity index (χ0n) is 19.5. The molecule has 14 heteroatoms. The Balaban J connectivity index is 1.59. The number of anilines is 2. The third-order valence-electron chi connectivity index (χ3n) is 5.46. The first kappa shape index (κ1) is 26.5. The fourth-order valence-electron chi connectivity index (χ4n) is 3.82. The number of alkyl halides is 3. The monoisotopic (exact) mass is 541 g/mol. The van der Waals surface area contributed by atoms with E-state index in [9.17, 15) is 31.7 Å². The van der Waals surface area contributed by atoms with Crippen molar-refractivity contribution in [3.8, 4) is 5.75 Å². The van der Waals surface area contributed by atoms with Gasteiger partial charge in [0.05, 0.1) is 38.5 Å². The summed E-state index contributed by atoms with van der Waals surface area (Å²) in [6.07, 6.45) is -3.51. The lowest BCUT2D eigenvalue weighted by atomic mass is 10.1. The first-order chi connectivity index (χ1) is 17.4. The number of nitrogens with zero attached hydrogens (tertiary/aromatic N) is 3. The third-order valence-corrected chi connectivity index (χ3v) is 7.78. The van der Waals surface area contributed by atoms with Gasteiger partial charge in [-0.05, 0) is 43.2 Å². The Kier molecular flexibility index (Phi) is 7.50. The number of hydrogen-bond acceptors (Lipinski definition) is 8. The van der Waals surface area contributed by atoms with E-state index in [0.29, 0.717) is 40.1 Å². The number of aromatic nitrogens is 2. The van der Waals surface area contributed by atoms with Gasteiger partial charge in [-0.1, -0.05) is 0 Å². The first-order valence-corrected chi connectivity index (χ1v) is 12.9. The van der Waals surface area contributed by atoms with Crippen LogP contribution in [0.4, 0.5) is 34.8 Å². The van der Waals surface area contributed by atoms with Crippen LogP contribution in [0.3, 0.4) is 0 Å². The quantitative estimate of drug-likeness (QED) is 0.389. The highest BCUT2D eigenvalue weighted by molar-refractivity contribution is 7.94. The molecular weight excluding hydrogens is 518 g/mol. The summed E-state index contributed by atoms with van der Waals surface area (Å²) in [4.78, 5) is 20.2. The van der Waals surface area contributed by atoms with E-state index in [1.54, 1.807) is 24.4 Å².